The Morgan fingerprint density at radius 1 is 1.24 bits per heavy atom. The Morgan fingerprint density at radius 3 is 2.84 bits per heavy atom. The fourth-order valence-electron chi connectivity index (χ4n) is 4.62. The minimum atomic E-state index is -0.340. The van der Waals surface area contributed by atoms with Gasteiger partial charge in [0.05, 0.1) is 35.8 Å². The molecule has 0 radical (unpaired) electrons. The molecule has 2 aliphatic rings. The van der Waals surface area contributed by atoms with E-state index < -0.39 is 0 Å². The van der Waals surface area contributed by atoms with Crippen LogP contribution in [-0.4, -0.2) is 64.6 Å². The van der Waals surface area contributed by atoms with Crippen LogP contribution in [0, 0.1) is 0 Å². The second-order valence-corrected chi connectivity index (χ2v) is 9.76. The maximum Gasteiger partial charge on any atom is 0.254 e. The van der Waals surface area contributed by atoms with Crippen molar-refractivity contribution in [2.75, 3.05) is 32.2 Å². The van der Waals surface area contributed by atoms with Crippen molar-refractivity contribution in [1.82, 2.24) is 25.2 Å². The van der Waals surface area contributed by atoms with Gasteiger partial charge in [0.2, 0.25) is 17.7 Å². The van der Waals surface area contributed by atoms with E-state index in [0.717, 1.165) is 18.4 Å². The van der Waals surface area contributed by atoms with Crippen molar-refractivity contribution in [3.63, 3.8) is 0 Å². The van der Waals surface area contributed by atoms with E-state index in [4.69, 9.17) is 21.1 Å². The van der Waals surface area contributed by atoms with E-state index in [0.29, 0.717) is 59.1 Å². The Hall–Kier alpha value is -3.76. The molecule has 0 spiro atoms. The van der Waals surface area contributed by atoms with Crippen LogP contribution in [-0.2, 0) is 16.1 Å². The Kier molecular flexibility index (Phi) is 7.71. The molecule has 2 amide bonds. The first-order valence-electron chi connectivity index (χ1n) is 12.5. The highest BCUT2D eigenvalue weighted by molar-refractivity contribution is 6.33. The van der Waals surface area contributed by atoms with E-state index in [1.807, 2.05) is 31.2 Å². The fraction of sp³-hybridized carbons (Fsp3) is 0.370. The highest BCUT2D eigenvalue weighted by Gasteiger charge is 2.30. The number of benzene rings is 1. The summed E-state index contributed by atoms with van der Waals surface area (Å²) in [6.45, 7) is 3.53. The van der Waals surface area contributed by atoms with Crippen LogP contribution in [0.15, 0.2) is 42.6 Å². The molecule has 10 nitrogen and oxygen atoms in total. The molecule has 0 unspecified atom stereocenters. The standard InChI is InChI=1S/C27H29ClN6O4/c1-16(22-4-3-5-24(32-22)37-2)30-23(35)15-34-14-18-7-6-17(12-20(18)26(34)36)25-21(28)13-29-27(33-25)31-19-8-10-38-11-9-19/h3-7,12-13,16,19H,8-11,14-15H2,1-2H3,(H,30,35)(H,29,31,33)/t16-/m1/s1. The summed E-state index contributed by atoms with van der Waals surface area (Å²) < 4.78 is 10.6. The minimum absolute atomic E-state index is 0.0649. The SMILES string of the molecule is COc1cccc([C@@H](C)NC(=O)CN2Cc3ccc(-c4nc(NC5CCOCC5)ncc4Cl)cc3C2=O)n1. The molecule has 0 aliphatic carbocycles. The monoisotopic (exact) mass is 536 g/mol. The van der Waals surface area contributed by atoms with Gasteiger partial charge in [-0.25, -0.2) is 15.0 Å². The molecule has 38 heavy (non-hydrogen) atoms. The maximum atomic E-state index is 13.2. The first kappa shape index (κ1) is 25.9. The Morgan fingerprint density at radius 2 is 2.05 bits per heavy atom. The van der Waals surface area contributed by atoms with Crippen LogP contribution in [0.2, 0.25) is 5.02 Å². The highest BCUT2D eigenvalue weighted by Crippen LogP contribution is 2.31. The molecule has 1 saturated heterocycles. The summed E-state index contributed by atoms with van der Waals surface area (Å²) in [7, 11) is 1.54. The normalized spacial score (nSPS) is 16.2. The number of methoxy groups -OCH3 is 1. The molecule has 2 aliphatic heterocycles. The molecule has 1 atom stereocenters. The number of pyridine rings is 1. The molecular formula is C27H29ClN6O4. The van der Waals surface area contributed by atoms with Gasteiger partial charge in [0.1, 0.15) is 6.54 Å². The number of nitrogens with one attached hydrogen (secondary N) is 2. The molecule has 11 heteroatoms. The van der Waals surface area contributed by atoms with E-state index in [1.54, 1.807) is 25.4 Å². The van der Waals surface area contributed by atoms with Crippen LogP contribution in [0.3, 0.4) is 0 Å². The number of anilines is 1. The summed E-state index contributed by atoms with van der Waals surface area (Å²) in [4.78, 5) is 40.8. The van der Waals surface area contributed by atoms with Gasteiger partial charge in [0, 0.05) is 43.0 Å². The predicted molar refractivity (Wildman–Crippen MR) is 142 cm³/mol. The Labute approximate surface area is 225 Å². The topological polar surface area (TPSA) is 119 Å². The first-order valence-corrected chi connectivity index (χ1v) is 12.9. The van der Waals surface area contributed by atoms with Crippen LogP contribution in [0.25, 0.3) is 11.3 Å². The summed E-state index contributed by atoms with van der Waals surface area (Å²) in [5, 5.41) is 6.65. The fourth-order valence-corrected chi connectivity index (χ4v) is 4.82. The predicted octanol–water partition coefficient (Wildman–Crippen LogP) is 3.62. The van der Waals surface area contributed by atoms with E-state index >= 15 is 0 Å². The van der Waals surface area contributed by atoms with Crippen molar-refractivity contribution < 1.29 is 19.1 Å². The molecule has 1 aromatic carbocycles. The third-order valence-corrected chi connectivity index (χ3v) is 6.95. The van der Waals surface area contributed by atoms with E-state index in [1.165, 1.54) is 4.90 Å². The molecule has 3 aromatic rings. The number of aromatic nitrogens is 3. The second kappa shape index (κ2) is 11.3. The number of carbonyl (C=O) groups is 2. The van der Waals surface area contributed by atoms with Gasteiger partial charge in [-0.3, -0.25) is 9.59 Å². The molecular weight excluding hydrogens is 508 g/mol. The number of nitrogens with zero attached hydrogens (tertiary/aromatic N) is 4. The number of halogens is 1. The van der Waals surface area contributed by atoms with Gasteiger partial charge < -0.3 is 25.0 Å². The number of carbonyl (C=O) groups excluding carboxylic acids is 2. The van der Waals surface area contributed by atoms with Gasteiger partial charge in [-0.05, 0) is 37.5 Å². The molecule has 198 valence electrons. The van der Waals surface area contributed by atoms with Gasteiger partial charge in [-0.1, -0.05) is 29.8 Å². The maximum absolute atomic E-state index is 13.2. The lowest BCUT2D eigenvalue weighted by Gasteiger charge is -2.23. The lowest BCUT2D eigenvalue weighted by molar-refractivity contribution is -0.122. The molecule has 1 fully saturated rings. The van der Waals surface area contributed by atoms with Crippen LogP contribution >= 0.6 is 11.6 Å². The zero-order valence-electron chi connectivity index (χ0n) is 21.2. The molecule has 2 aromatic heterocycles. The second-order valence-electron chi connectivity index (χ2n) is 9.35. The third-order valence-electron chi connectivity index (χ3n) is 6.67. The summed E-state index contributed by atoms with van der Waals surface area (Å²) in [6.07, 6.45) is 3.33. The zero-order chi connectivity index (χ0) is 26.6. The Balaban J connectivity index is 1.26. The number of fused-ring (bicyclic) bond motifs is 1. The number of hydrogen-bond donors (Lipinski definition) is 2. The summed E-state index contributed by atoms with van der Waals surface area (Å²) in [6, 6.07) is 10.8. The Bertz CT molecular complexity index is 1350. The number of hydrogen-bond acceptors (Lipinski definition) is 8. The number of ether oxygens (including phenoxy) is 2. The van der Waals surface area contributed by atoms with Crippen molar-refractivity contribution in [2.45, 2.75) is 38.4 Å². The average molecular weight is 537 g/mol. The number of amides is 2. The van der Waals surface area contributed by atoms with Gasteiger partial charge in [-0.15, -0.1) is 0 Å². The highest BCUT2D eigenvalue weighted by atomic mass is 35.5. The quantitative estimate of drug-likeness (QED) is 0.448. The minimum Gasteiger partial charge on any atom is -0.481 e. The van der Waals surface area contributed by atoms with Gasteiger partial charge in [0.25, 0.3) is 5.91 Å². The van der Waals surface area contributed by atoms with Crippen molar-refractivity contribution in [2.24, 2.45) is 0 Å². The van der Waals surface area contributed by atoms with Crippen molar-refractivity contribution in [3.05, 3.63) is 64.4 Å². The molecule has 0 saturated carbocycles. The lowest BCUT2D eigenvalue weighted by atomic mass is 10.0. The van der Waals surface area contributed by atoms with Gasteiger partial charge in [0.15, 0.2) is 0 Å². The average Bonchev–Trinajstić information content (AvgIpc) is 3.24. The summed E-state index contributed by atoms with van der Waals surface area (Å²) >= 11 is 6.44. The molecule has 4 heterocycles. The smallest absolute Gasteiger partial charge is 0.254 e. The van der Waals surface area contributed by atoms with Gasteiger partial charge in [-0.2, -0.15) is 0 Å². The molecule has 5 rings (SSSR count). The van der Waals surface area contributed by atoms with E-state index in [-0.39, 0.29) is 30.4 Å². The van der Waals surface area contributed by atoms with E-state index in [2.05, 4.69) is 25.6 Å². The lowest BCUT2D eigenvalue weighted by Crippen LogP contribution is -2.38. The zero-order valence-corrected chi connectivity index (χ0v) is 22.0. The first-order chi connectivity index (χ1) is 18.4. The van der Waals surface area contributed by atoms with Gasteiger partial charge >= 0.3 is 0 Å². The summed E-state index contributed by atoms with van der Waals surface area (Å²) in [5.41, 5.74) is 3.31. The third kappa shape index (κ3) is 5.71. The van der Waals surface area contributed by atoms with Crippen molar-refractivity contribution >= 4 is 29.4 Å². The van der Waals surface area contributed by atoms with Crippen LogP contribution in [0.5, 0.6) is 5.88 Å². The largest absolute Gasteiger partial charge is 0.481 e. The van der Waals surface area contributed by atoms with E-state index in [9.17, 15) is 9.59 Å². The van der Waals surface area contributed by atoms with Crippen LogP contribution in [0.1, 0.15) is 47.4 Å². The molecule has 2 N–H and O–H groups in total. The van der Waals surface area contributed by atoms with Crippen LogP contribution in [0.4, 0.5) is 5.95 Å². The molecule has 0 bridgehead atoms. The summed E-state index contributed by atoms with van der Waals surface area (Å²) in [5.74, 6) is 0.474. The number of rotatable bonds is 8. The van der Waals surface area contributed by atoms with Crippen molar-refractivity contribution in [1.29, 1.82) is 0 Å². The van der Waals surface area contributed by atoms with Crippen molar-refractivity contribution in [3.8, 4) is 17.1 Å². The van der Waals surface area contributed by atoms with Crippen LogP contribution < -0.4 is 15.4 Å².